The molecule has 1 aromatic heterocycles. The number of aliphatic carboxylic acids is 1. The summed E-state index contributed by atoms with van der Waals surface area (Å²) in [5.74, 6) is -1.61. The number of methoxy groups -OCH3 is 1. The molecule has 126 valence electrons. The van der Waals surface area contributed by atoms with Gasteiger partial charge in [-0.2, -0.15) is 0 Å². The summed E-state index contributed by atoms with van der Waals surface area (Å²) in [4.78, 5) is 37.8. The highest BCUT2D eigenvalue weighted by molar-refractivity contribution is 5.97. The number of hydrogen-bond donors (Lipinski definition) is 4. The predicted octanol–water partition coefficient (Wildman–Crippen LogP) is 0.954. The van der Waals surface area contributed by atoms with Gasteiger partial charge >= 0.3 is 12.0 Å². The lowest BCUT2D eigenvalue weighted by Gasteiger charge is -2.25. The van der Waals surface area contributed by atoms with Gasteiger partial charge in [-0.25, -0.2) is 9.78 Å². The van der Waals surface area contributed by atoms with E-state index in [0.29, 0.717) is 0 Å². The number of ether oxygens (including phenoxy) is 1. The molecule has 0 saturated heterocycles. The molecule has 0 aliphatic carbocycles. The van der Waals surface area contributed by atoms with E-state index < -0.39 is 23.4 Å². The molecule has 1 rings (SSSR count). The van der Waals surface area contributed by atoms with Gasteiger partial charge in [-0.1, -0.05) is 0 Å². The van der Waals surface area contributed by atoms with Crippen molar-refractivity contribution in [3.05, 3.63) is 17.8 Å². The van der Waals surface area contributed by atoms with E-state index in [1.807, 2.05) is 0 Å². The molecule has 0 unspecified atom stereocenters. The van der Waals surface area contributed by atoms with Crippen LogP contribution < -0.4 is 21.1 Å². The maximum Gasteiger partial charge on any atom is 0.319 e. The number of pyridine rings is 1. The number of hydrogen-bond acceptors (Lipinski definition) is 5. The fraction of sp³-hybridized carbons (Fsp3) is 0.429. The second-order valence-corrected chi connectivity index (χ2v) is 5.50. The first-order valence-electron chi connectivity index (χ1n) is 6.79. The molecule has 5 N–H and O–H groups in total. The summed E-state index contributed by atoms with van der Waals surface area (Å²) in [6, 6.07) is 0.792. The van der Waals surface area contributed by atoms with Gasteiger partial charge in [-0.3, -0.25) is 9.59 Å². The Morgan fingerprint density at radius 3 is 2.57 bits per heavy atom. The monoisotopic (exact) mass is 324 g/mol. The van der Waals surface area contributed by atoms with Gasteiger partial charge in [0.2, 0.25) is 5.88 Å². The number of primary amides is 1. The SMILES string of the molecule is COc1ncc(NC(=O)NC(C)(C)CCC(=O)O)cc1C(N)=O. The Hall–Kier alpha value is -2.84. The highest BCUT2D eigenvalue weighted by Crippen LogP contribution is 2.19. The molecule has 23 heavy (non-hydrogen) atoms. The van der Waals surface area contributed by atoms with Crippen LogP contribution in [0.4, 0.5) is 10.5 Å². The third kappa shape index (κ3) is 5.81. The molecule has 0 aliphatic heterocycles. The number of amides is 3. The number of carboxylic acids is 1. The first-order valence-corrected chi connectivity index (χ1v) is 6.79. The van der Waals surface area contributed by atoms with Crippen molar-refractivity contribution in [2.45, 2.75) is 32.2 Å². The van der Waals surface area contributed by atoms with Crippen molar-refractivity contribution in [2.75, 3.05) is 12.4 Å². The van der Waals surface area contributed by atoms with E-state index in [9.17, 15) is 14.4 Å². The maximum absolute atomic E-state index is 12.0. The molecule has 0 spiro atoms. The van der Waals surface area contributed by atoms with Crippen molar-refractivity contribution in [3.8, 4) is 5.88 Å². The summed E-state index contributed by atoms with van der Waals surface area (Å²) < 4.78 is 4.91. The van der Waals surface area contributed by atoms with Crippen molar-refractivity contribution < 1.29 is 24.2 Å². The molecule has 0 radical (unpaired) electrons. The fourth-order valence-corrected chi connectivity index (χ4v) is 1.81. The lowest BCUT2D eigenvalue weighted by molar-refractivity contribution is -0.137. The number of anilines is 1. The standard InChI is InChI=1S/C14H20N4O5/c1-14(2,5-4-10(19)20)18-13(22)17-8-6-9(11(15)21)12(23-3)16-7-8/h6-7H,4-5H2,1-3H3,(H2,15,21)(H,19,20)(H2,17,18,22). The van der Waals surface area contributed by atoms with Gasteiger partial charge in [0.25, 0.3) is 5.91 Å². The third-order valence-electron chi connectivity index (χ3n) is 2.98. The molecule has 0 bridgehead atoms. The lowest BCUT2D eigenvalue weighted by atomic mass is 9.99. The van der Waals surface area contributed by atoms with Crippen molar-refractivity contribution in [3.63, 3.8) is 0 Å². The Balaban J connectivity index is 2.76. The molecule has 0 atom stereocenters. The first-order chi connectivity index (χ1) is 10.6. The molecule has 0 fully saturated rings. The van der Waals surface area contributed by atoms with Crippen molar-refractivity contribution in [1.82, 2.24) is 10.3 Å². The van der Waals surface area contributed by atoms with Crippen LogP contribution in [-0.2, 0) is 4.79 Å². The molecule has 9 nitrogen and oxygen atoms in total. The number of carboxylic acid groups (broad SMARTS) is 1. The van der Waals surface area contributed by atoms with E-state index in [0.717, 1.165) is 0 Å². The van der Waals surface area contributed by atoms with E-state index in [2.05, 4.69) is 15.6 Å². The zero-order valence-electron chi connectivity index (χ0n) is 13.2. The minimum absolute atomic E-state index is 0.0374. The van der Waals surface area contributed by atoms with Crippen LogP contribution in [0.3, 0.4) is 0 Å². The van der Waals surface area contributed by atoms with E-state index in [-0.39, 0.29) is 30.0 Å². The van der Waals surface area contributed by atoms with Crippen LogP contribution >= 0.6 is 0 Å². The molecule has 3 amide bonds. The Morgan fingerprint density at radius 2 is 2.04 bits per heavy atom. The zero-order chi connectivity index (χ0) is 17.6. The molecule has 1 heterocycles. The number of aromatic nitrogens is 1. The Morgan fingerprint density at radius 1 is 1.39 bits per heavy atom. The topological polar surface area (TPSA) is 144 Å². The molecule has 1 aromatic rings. The second-order valence-electron chi connectivity index (χ2n) is 5.50. The first kappa shape index (κ1) is 18.2. The summed E-state index contributed by atoms with van der Waals surface area (Å²) in [5.41, 5.74) is 4.80. The minimum atomic E-state index is -0.939. The van der Waals surface area contributed by atoms with Crippen molar-refractivity contribution in [2.24, 2.45) is 5.73 Å². The van der Waals surface area contributed by atoms with E-state index >= 15 is 0 Å². The van der Waals surface area contributed by atoms with Gasteiger partial charge < -0.3 is 26.2 Å². The van der Waals surface area contributed by atoms with Crippen LogP contribution in [0.1, 0.15) is 37.0 Å². The van der Waals surface area contributed by atoms with Gasteiger partial charge in [0.15, 0.2) is 0 Å². The zero-order valence-corrected chi connectivity index (χ0v) is 13.2. The van der Waals surface area contributed by atoms with Gasteiger partial charge in [0.1, 0.15) is 5.56 Å². The summed E-state index contributed by atoms with van der Waals surface area (Å²) >= 11 is 0. The average Bonchev–Trinajstić information content (AvgIpc) is 2.44. The number of carbonyl (C=O) groups excluding carboxylic acids is 2. The smallest absolute Gasteiger partial charge is 0.319 e. The average molecular weight is 324 g/mol. The fourth-order valence-electron chi connectivity index (χ4n) is 1.81. The number of rotatable bonds is 7. The van der Waals surface area contributed by atoms with E-state index in [1.165, 1.54) is 19.4 Å². The number of carbonyl (C=O) groups is 3. The van der Waals surface area contributed by atoms with E-state index in [1.54, 1.807) is 13.8 Å². The second kappa shape index (κ2) is 7.43. The highest BCUT2D eigenvalue weighted by Gasteiger charge is 2.22. The number of nitrogens with one attached hydrogen (secondary N) is 2. The van der Waals surface area contributed by atoms with Gasteiger partial charge in [-0.05, 0) is 26.3 Å². The summed E-state index contributed by atoms with van der Waals surface area (Å²) in [6.07, 6.45) is 1.52. The molecule has 0 saturated carbocycles. The normalized spacial score (nSPS) is 10.7. The lowest BCUT2D eigenvalue weighted by Crippen LogP contribution is -2.45. The van der Waals surface area contributed by atoms with Crippen LogP contribution in [0.25, 0.3) is 0 Å². The Labute approximate surface area is 133 Å². The minimum Gasteiger partial charge on any atom is -0.481 e. The van der Waals surface area contributed by atoms with Crippen molar-refractivity contribution >= 4 is 23.6 Å². The van der Waals surface area contributed by atoms with Gasteiger partial charge in [0, 0.05) is 12.0 Å². The predicted molar refractivity (Wildman–Crippen MR) is 82.4 cm³/mol. The summed E-state index contributed by atoms with van der Waals surface area (Å²) in [7, 11) is 1.35. The molecule has 0 aromatic carbocycles. The largest absolute Gasteiger partial charge is 0.481 e. The molecular weight excluding hydrogens is 304 g/mol. The number of nitrogens with zero attached hydrogens (tertiary/aromatic N) is 1. The third-order valence-corrected chi connectivity index (χ3v) is 2.98. The van der Waals surface area contributed by atoms with E-state index in [4.69, 9.17) is 15.6 Å². The van der Waals surface area contributed by atoms with Crippen LogP contribution in [0.5, 0.6) is 5.88 Å². The van der Waals surface area contributed by atoms with Crippen LogP contribution in [0.2, 0.25) is 0 Å². The Kier molecular flexibility index (Phi) is 5.88. The summed E-state index contributed by atoms with van der Waals surface area (Å²) in [5, 5.41) is 13.8. The quantitative estimate of drug-likeness (QED) is 0.588. The maximum atomic E-state index is 12.0. The van der Waals surface area contributed by atoms with Crippen LogP contribution in [0, 0.1) is 0 Å². The van der Waals surface area contributed by atoms with Gasteiger partial charge in [-0.15, -0.1) is 0 Å². The van der Waals surface area contributed by atoms with Crippen molar-refractivity contribution in [1.29, 1.82) is 0 Å². The molecule has 0 aliphatic rings. The number of urea groups is 1. The Bertz CT molecular complexity index is 615. The summed E-state index contributed by atoms with van der Waals surface area (Å²) in [6.45, 7) is 3.41. The molecule has 9 heteroatoms. The van der Waals surface area contributed by atoms with Gasteiger partial charge in [0.05, 0.1) is 19.0 Å². The highest BCUT2D eigenvalue weighted by atomic mass is 16.5. The molecular formula is C14H20N4O5. The number of nitrogens with two attached hydrogens (primary N) is 1. The van der Waals surface area contributed by atoms with Crippen LogP contribution in [-0.4, -0.2) is 40.6 Å². The van der Waals surface area contributed by atoms with Crippen LogP contribution in [0.15, 0.2) is 12.3 Å².